The molecule has 0 amide bonds. The highest BCUT2D eigenvalue weighted by atomic mass is 35.5. The fourth-order valence-corrected chi connectivity index (χ4v) is 1.38. The first-order chi connectivity index (χ1) is 5.74. The van der Waals surface area contributed by atoms with Crippen molar-refractivity contribution in [3.63, 3.8) is 0 Å². The van der Waals surface area contributed by atoms with Crippen LogP contribution in [-0.4, -0.2) is 0 Å². The van der Waals surface area contributed by atoms with E-state index in [1.165, 1.54) is 17.5 Å². The number of hydrogen-bond acceptors (Lipinski definition) is 0. The Kier molecular flexibility index (Phi) is 3.61. The molecule has 0 heterocycles. The van der Waals surface area contributed by atoms with E-state index in [-0.39, 0.29) is 5.38 Å². The zero-order valence-corrected chi connectivity index (χ0v) is 8.43. The van der Waals surface area contributed by atoms with Gasteiger partial charge in [-0.25, -0.2) is 0 Å². The van der Waals surface area contributed by atoms with E-state index in [0.717, 1.165) is 6.42 Å². The molecule has 0 spiro atoms. The standard InChI is InChI=1S/C11H15Cl/c1-3-4-10-5-7-11(8-6-10)9(2)12/h5-9H,3-4H2,1-2H3. The van der Waals surface area contributed by atoms with E-state index >= 15 is 0 Å². The van der Waals surface area contributed by atoms with Crippen LogP contribution in [0.3, 0.4) is 0 Å². The van der Waals surface area contributed by atoms with E-state index < -0.39 is 0 Å². The van der Waals surface area contributed by atoms with Crippen molar-refractivity contribution in [2.45, 2.75) is 32.1 Å². The first kappa shape index (κ1) is 9.60. The van der Waals surface area contributed by atoms with Gasteiger partial charge in [0.15, 0.2) is 0 Å². The summed E-state index contributed by atoms with van der Waals surface area (Å²) in [5, 5.41) is 0.126. The Morgan fingerprint density at radius 3 is 2.25 bits per heavy atom. The van der Waals surface area contributed by atoms with Gasteiger partial charge >= 0.3 is 0 Å². The molecule has 0 aliphatic heterocycles. The molecule has 0 radical (unpaired) electrons. The maximum atomic E-state index is 5.93. The van der Waals surface area contributed by atoms with Gasteiger partial charge in [-0.2, -0.15) is 0 Å². The van der Waals surface area contributed by atoms with E-state index in [1.54, 1.807) is 0 Å². The highest BCUT2D eigenvalue weighted by Crippen LogP contribution is 2.19. The van der Waals surface area contributed by atoms with Crippen molar-refractivity contribution in [1.82, 2.24) is 0 Å². The van der Waals surface area contributed by atoms with Crippen LogP contribution in [0.25, 0.3) is 0 Å². The second-order valence-corrected chi connectivity index (χ2v) is 3.76. The minimum Gasteiger partial charge on any atom is -0.118 e. The molecule has 0 bridgehead atoms. The molecule has 0 nitrogen and oxygen atoms in total. The third kappa shape index (κ3) is 2.53. The minimum atomic E-state index is 0.126. The van der Waals surface area contributed by atoms with Crippen LogP contribution in [0.15, 0.2) is 24.3 Å². The van der Waals surface area contributed by atoms with Crippen LogP contribution in [0.4, 0.5) is 0 Å². The lowest BCUT2D eigenvalue weighted by Crippen LogP contribution is -1.86. The van der Waals surface area contributed by atoms with Gasteiger partial charge < -0.3 is 0 Å². The molecular formula is C11H15Cl. The largest absolute Gasteiger partial charge is 0.118 e. The Morgan fingerprint density at radius 2 is 1.83 bits per heavy atom. The lowest BCUT2D eigenvalue weighted by Gasteiger charge is -2.04. The van der Waals surface area contributed by atoms with Crippen molar-refractivity contribution in [2.75, 3.05) is 0 Å². The summed E-state index contributed by atoms with van der Waals surface area (Å²) in [7, 11) is 0. The third-order valence-corrected chi connectivity index (χ3v) is 2.23. The maximum absolute atomic E-state index is 5.93. The van der Waals surface area contributed by atoms with Crippen molar-refractivity contribution in [3.05, 3.63) is 35.4 Å². The molecule has 0 aromatic heterocycles. The Hall–Kier alpha value is -0.490. The van der Waals surface area contributed by atoms with Gasteiger partial charge in [0.2, 0.25) is 0 Å². The average Bonchev–Trinajstić information content (AvgIpc) is 2.06. The highest BCUT2D eigenvalue weighted by Gasteiger charge is 1.99. The summed E-state index contributed by atoms with van der Waals surface area (Å²) in [6.45, 7) is 4.19. The predicted octanol–water partition coefficient (Wildman–Crippen LogP) is 3.94. The lowest BCUT2D eigenvalue weighted by atomic mass is 10.1. The number of hydrogen-bond donors (Lipinski definition) is 0. The third-order valence-electron chi connectivity index (χ3n) is 1.98. The van der Waals surface area contributed by atoms with Gasteiger partial charge in [-0.05, 0) is 24.5 Å². The molecule has 0 aliphatic carbocycles. The van der Waals surface area contributed by atoms with Gasteiger partial charge in [-0.3, -0.25) is 0 Å². The van der Waals surface area contributed by atoms with Gasteiger partial charge in [0, 0.05) is 0 Å². The molecule has 0 N–H and O–H groups in total. The molecule has 12 heavy (non-hydrogen) atoms. The fourth-order valence-electron chi connectivity index (χ4n) is 1.24. The summed E-state index contributed by atoms with van der Waals surface area (Å²) in [6.07, 6.45) is 2.37. The van der Waals surface area contributed by atoms with Gasteiger partial charge in [-0.1, -0.05) is 37.6 Å². The molecule has 1 unspecified atom stereocenters. The van der Waals surface area contributed by atoms with E-state index in [9.17, 15) is 0 Å². The Labute approximate surface area is 79.6 Å². The topological polar surface area (TPSA) is 0 Å². The van der Waals surface area contributed by atoms with Crippen LogP contribution in [0.1, 0.15) is 36.8 Å². The Morgan fingerprint density at radius 1 is 1.25 bits per heavy atom. The second kappa shape index (κ2) is 4.51. The van der Waals surface area contributed by atoms with Crippen LogP contribution in [0.5, 0.6) is 0 Å². The normalized spacial score (nSPS) is 12.9. The van der Waals surface area contributed by atoms with E-state index in [1.807, 2.05) is 6.92 Å². The molecule has 0 fully saturated rings. The summed E-state index contributed by atoms with van der Waals surface area (Å²) in [5.41, 5.74) is 2.61. The smallest absolute Gasteiger partial charge is 0.0557 e. The Balaban J connectivity index is 2.71. The number of benzene rings is 1. The molecule has 66 valence electrons. The highest BCUT2D eigenvalue weighted by molar-refractivity contribution is 6.20. The summed E-state index contributed by atoms with van der Waals surface area (Å²) in [5.74, 6) is 0. The molecule has 1 aromatic rings. The Bertz CT molecular complexity index is 223. The van der Waals surface area contributed by atoms with Gasteiger partial charge in [0.05, 0.1) is 5.38 Å². The van der Waals surface area contributed by atoms with E-state index in [2.05, 4.69) is 31.2 Å². The van der Waals surface area contributed by atoms with Crippen molar-refractivity contribution in [2.24, 2.45) is 0 Å². The average molecular weight is 183 g/mol. The molecule has 1 heteroatoms. The molecule has 1 atom stereocenters. The molecular weight excluding hydrogens is 168 g/mol. The minimum absolute atomic E-state index is 0.126. The van der Waals surface area contributed by atoms with Crippen LogP contribution in [0.2, 0.25) is 0 Å². The van der Waals surface area contributed by atoms with Gasteiger partial charge in [-0.15, -0.1) is 11.6 Å². The maximum Gasteiger partial charge on any atom is 0.0557 e. The predicted molar refractivity (Wildman–Crippen MR) is 54.7 cm³/mol. The summed E-state index contributed by atoms with van der Waals surface area (Å²) in [4.78, 5) is 0. The van der Waals surface area contributed by atoms with Crippen molar-refractivity contribution < 1.29 is 0 Å². The molecule has 1 aromatic carbocycles. The molecule has 1 rings (SSSR count). The zero-order chi connectivity index (χ0) is 8.97. The summed E-state index contributed by atoms with van der Waals surface area (Å²) < 4.78 is 0. The number of aryl methyl sites for hydroxylation is 1. The van der Waals surface area contributed by atoms with Crippen LogP contribution >= 0.6 is 11.6 Å². The zero-order valence-electron chi connectivity index (χ0n) is 7.68. The van der Waals surface area contributed by atoms with Crippen molar-refractivity contribution in [3.8, 4) is 0 Å². The van der Waals surface area contributed by atoms with Crippen LogP contribution < -0.4 is 0 Å². The SMILES string of the molecule is CCCc1ccc(C(C)Cl)cc1. The first-order valence-electron chi connectivity index (χ1n) is 4.47. The number of halogens is 1. The summed E-state index contributed by atoms with van der Waals surface area (Å²) in [6, 6.07) is 8.56. The second-order valence-electron chi connectivity index (χ2n) is 3.11. The van der Waals surface area contributed by atoms with Crippen LogP contribution in [-0.2, 0) is 6.42 Å². The van der Waals surface area contributed by atoms with Gasteiger partial charge in [0.1, 0.15) is 0 Å². The van der Waals surface area contributed by atoms with Gasteiger partial charge in [0.25, 0.3) is 0 Å². The molecule has 0 saturated heterocycles. The molecule has 0 aliphatic rings. The fraction of sp³-hybridized carbons (Fsp3) is 0.455. The number of alkyl halides is 1. The van der Waals surface area contributed by atoms with E-state index in [4.69, 9.17) is 11.6 Å². The van der Waals surface area contributed by atoms with Crippen molar-refractivity contribution in [1.29, 1.82) is 0 Å². The first-order valence-corrected chi connectivity index (χ1v) is 4.90. The molecule has 0 saturated carbocycles. The quantitative estimate of drug-likeness (QED) is 0.622. The monoisotopic (exact) mass is 182 g/mol. The van der Waals surface area contributed by atoms with E-state index in [0.29, 0.717) is 0 Å². The summed E-state index contributed by atoms with van der Waals surface area (Å²) >= 11 is 5.93. The van der Waals surface area contributed by atoms with Crippen molar-refractivity contribution >= 4 is 11.6 Å². The van der Waals surface area contributed by atoms with Crippen LogP contribution in [0, 0.1) is 0 Å². The number of rotatable bonds is 3. The lowest BCUT2D eigenvalue weighted by molar-refractivity contribution is 0.919.